The molecule has 5 heteroatoms. The van der Waals surface area contributed by atoms with Gasteiger partial charge in [0.15, 0.2) is 5.79 Å². The minimum absolute atomic E-state index is 0.203. The molecule has 0 radical (unpaired) electrons. The Morgan fingerprint density at radius 1 is 1.12 bits per heavy atom. The second kappa shape index (κ2) is 7.72. The lowest BCUT2D eigenvalue weighted by atomic mass is 9.90. The fourth-order valence-corrected chi connectivity index (χ4v) is 4.53. The van der Waals surface area contributed by atoms with E-state index in [-0.39, 0.29) is 11.9 Å². The number of ether oxygens (including phenoxy) is 2. The van der Waals surface area contributed by atoms with Crippen LogP contribution in [0.15, 0.2) is 30.3 Å². The number of aliphatic hydroxyl groups excluding tert-OH is 1. The lowest BCUT2D eigenvalue weighted by Gasteiger charge is -2.36. The summed E-state index contributed by atoms with van der Waals surface area (Å²) >= 11 is 0. The van der Waals surface area contributed by atoms with Crippen LogP contribution in [-0.2, 0) is 16.0 Å². The van der Waals surface area contributed by atoms with E-state index in [2.05, 4.69) is 40.5 Å². The van der Waals surface area contributed by atoms with Crippen molar-refractivity contribution in [1.29, 1.82) is 0 Å². The third-order valence-corrected chi connectivity index (χ3v) is 5.94. The third-order valence-electron chi connectivity index (χ3n) is 5.94. The maximum atomic E-state index is 10.1. The molecule has 0 aromatic heterocycles. The molecule has 0 bridgehead atoms. The number of β-amino-alcohol motifs (C(OH)–C–C–N with tert-alkyl or cyclic N) is 1. The molecular weight excluding hydrogens is 316 g/mol. The van der Waals surface area contributed by atoms with Crippen molar-refractivity contribution in [1.82, 2.24) is 10.2 Å². The molecule has 3 fully saturated rings. The van der Waals surface area contributed by atoms with Gasteiger partial charge in [-0.2, -0.15) is 0 Å². The summed E-state index contributed by atoms with van der Waals surface area (Å²) in [5.41, 5.74) is 1.32. The number of likely N-dealkylation sites (tertiary alicyclic amines) is 1. The lowest BCUT2D eigenvalue weighted by molar-refractivity contribution is -0.179. The Balaban J connectivity index is 1.26. The molecule has 5 nitrogen and oxygen atoms in total. The monoisotopic (exact) mass is 346 g/mol. The van der Waals surface area contributed by atoms with Crippen molar-refractivity contribution in [2.24, 2.45) is 0 Å². The van der Waals surface area contributed by atoms with Crippen molar-refractivity contribution in [3.8, 4) is 0 Å². The van der Waals surface area contributed by atoms with Gasteiger partial charge in [0.1, 0.15) is 0 Å². The molecule has 3 aliphatic rings. The summed E-state index contributed by atoms with van der Waals surface area (Å²) in [7, 11) is 0. The maximum absolute atomic E-state index is 10.1. The first-order chi connectivity index (χ1) is 12.2. The molecule has 4 rings (SSSR count). The maximum Gasteiger partial charge on any atom is 0.168 e. The summed E-state index contributed by atoms with van der Waals surface area (Å²) in [6.45, 7) is 4.12. The van der Waals surface area contributed by atoms with Crippen LogP contribution < -0.4 is 5.32 Å². The highest BCUT2D eigenvalue weighted by Crippen LogP contribution is 2.35. The summed E-state index contributed by atoms with van der Waals surface area (Å²) in [4.78, 5) is 2.42. The predicted octanol–water partition coefficient (Wildman–Crippen LogP) is 1.90. The van der Waals surface area contributed by atoms with Crippen LogP contribution in [0.25, 0.3) is 0 Å². The van der Waals surface area contributed by atoms with Gasteiger partial charge in [0.05, 0.1) is 19.3 Å². The molecule has 2 unspecified atom stereocenters. The third kappa shape index (κ3) is 4.23. The van der Waals surface area contributed by atoms with Crippen LogP contribution in [0.1, 0.15) is 37.7 Å². The van der Waals surface area contributed by atoms with Crippen LogP contribution in [0.5, 0.6) is 0 Å². The molecule has 1 spiro atoms. The van der Waals surface area contributed by atoms with Crippen LogP contribution in [0, 0.1) is 0 Å². The van der Waals surface area contributed by atoms with E-state index in [0.717, 1.165) is 65.0 Å². The summed E-state index contributed by atoms with van der Waals surface area (Å²) in [6.07, 6.45) is 4.85. The Kier molecular flexibility index (Phi) is 5.39. The first-order valence-electron chi connectivity index (χ1n) is 9.70. The zero-order valence-corrected chi connectivity index (χ0v) is 14.9. The van der Waals surface area contributed by atoms with Gasteiger partial charge in [0, 0.05) is 44.6 Å². The van der Waals surface area contributed by atoms with Crippen LogP contribution in [0.2, 0.25) is 0 Å². The fraction of sp³-hybridized carbons (Fsp3) is 0.700. The van der Waals surface area contributed by atoms with E-state index in [9.17, 15) is 5.11 Å². The quantitative estimate of drug-likeness (QED) is 0.853. The van der Waals surface area contributed by atoms with E-state index in [1.807, 2.05) is 0 Å². The molecule has 2 aliphatic heterocycles. The lowest BCUT2D eigenvalue weighted by Crippen LogP contribution is -2.46. The van der Waals surface area contributed by atoms with Crippen molar-refractivity contribution < 1.29 is 14.6 Å². The molecular formula is C20H30N2O3. The zero-order valence-electron chi connectivity index (χ0n) is 14.9. The van der Waals surface area contributed by atoms with Gasteiger partial charge < -0.3 is 19.9 Å². The fourth-order valence-electron chi connectivity index (χ4n) is 4.53. The largest absolute Gasteiger partial charge is 0.392 e. The number of benzene rings is 1. The van der Waals surface area contributed by atoms with Gasteiger partial charge in [-0.05, 0) is 24.8 Å². The standard InChI is InChI=1S/C20H30N2O3/c23-19-12-18(22(15-19)14-16-4-2-1-3-5-16)13-21-17-6-8-20(9-7-17)24-10-11-25-20/h1-5,17-19,21,23H,6-15H2. The van der Waals surface area contributed by atoms with Gasteiger partial charge in [-0.15, -0.1) is 0 Å². The van der Waals surface area contributed by atoms with Crippen molar-refractivity contribution in [3.63, 3.8) is 0 Å². The molecule has 2 heterocycles. The predicted molar refractivity (Wildman–Crippen MR) is 96.2 cm³/mol. The van der Waals surface area contributed by atoms with Gasteiger partial charge >= 0.3 is 0 Å². The summed E-state index contributed by atoms with van der Waals surface area (Å²) in [6, 6.07) is 11.5. The first-order valence-corrected chi connectivity index (χ1v) is 9.70. The number of aliphatic hydroxyl groups is 1. The van der Waals surface area contributed by atoms with Gasteiger partial charge in [0.25, 0.3) is 0 Å². The van der Waals surface area contributed by atoms with Crippen molar-refractivity contribution in [2.45, 2.75) is 62.6 Å². The van der Waals surface area contributed by atoms with Crippen molar-refractivity contribution in [3.05, 3.63) is 35.9 Å². The average Bonchev–Trinajstić information content (AvgIpc) is 3.22. The minimum Gasteiger partial charge on any atom is -0.392 e. The molecule has 1 saturated carbocycles. The number of nitrogens with one attached hydrogen (secondary N) is 1. The van der Waals surface area contributed by atoms with Crippen molar-refractivity contribution >= 4 is 0 Å². The minimum atomic E-state index is -0.277. The first kappa shape index (κ1) is 17.4. The smallest absolute Gasteiger partial charge is 0.168 e. The van der Waals surface area contributed by atoms with Gasteiger partial charge in [-0.25, -0.2) is 0 Å². The van der Waals surface area contributed by atoms with Crippen LogP contribution in [0.4, 0.5) is 0 Å². The van der Waals surface area contributed by atoms with E-state index in [0.29, 0.717) is 12.1 Å². The summed E-state index contributed by atoms with van der Waals surface area (Å²) in [5, 5.41) is 13.9. The Morgan fingerprint density at radius 3 is 2.56 bits per heavy atom. The molecule has 2 saturated heterocycles. The molecule has 1 aromatic carbocycles. The molecule has 138 valence electrons. The van der Waals surface area contributed by atoms with Crippen molar-refractivity contribution in [2.75, 3.05) is 26.3 Å². The average molecular weight is 346 g/mol. The highest BCUT2D eigenvalue weighted by atomic mass is 16.7. The highest BCUT2D eigenvalue weighted by molar-refractivity contribution is 5.15. The second-order valence-electron chi connectivity index (χ2n) is 7.75. The van der Waals surface area contributed by atoms with E-state index >= 15 is 0 Å². The molecule has 2 N–H and O–H groups in total. The molecule has 1 aliphatic carbocycles. The number of rotatable bonds is 5. The molecule has 1 aromatic rings. The zero-order chi connectivity index (χ0) is 17.1. The Bertz CT molecular complexity index is 537. The number of hydrogen-bond acceptors (Lipinski definition) is 5. The van der Waals surface area contributed by atoms with Crippen LogP contribution >= 0.6 is 0 Å². The van der Waals surface area contributed by atoms with Gasteiger partial charge in [-0.3, -0.25) is 4.90 Å². The molecule has 2 atom stereocenters. The van der Waals surface area contributed by atoms with Crippen LogP contribution in [-0.4, -0.2) is 60.3 Å². The summed E-state index contributed by atoms with van der Waals surface area (Å²) in [5.74, 6) is -0.277. The second-order valence-corrected chi connectivity index (χ2v) is 7.75. The number of hydrogen-bond donors (Lipinski definition) is 2. The number of nitrogens with zero attached hydrogens (tertiary/aromatic N) is 1. The topological polar surface area (TPSA) is 54.0 Å². The van der Waals surface area contributed by atoms with Gasteiger partial charge in [0.2, 0.25) is 0 Å². The van der Waals surface area contributed by atoms with E-state index in [4.69, 9.17) is 9.47 Å². The Hall–Kier alpha value is -0.980. The molecule has 25 heavy (non-hydrogen) atoms. The van der Waals surface area contributed by atoms with E-state index in [1.165, 1.54) is 5.56 Å². The van der Waals surface area contributed by atoms with Crippen LogP contribution in [0.3, 0.4) is 0 Å². The Morgan fingerprint density at radius 2 is 1.84 bits per heavy atom. The van der Waals surface area contributed by atoms with E-state index < -0.39 is 0 Å². The SMILES string of the molecule is OC1CC(CNC2CCC3(CC2)OCCO3)N(Cc2ccccc2)C1. The van der Waals surface area contributed by atoms with E-state index in [1.54, 1.807) is 0 Å². The Labute approximate surface area is 150 Å². The normalized spacial score (nSPS) is 30.3. The highest BCUT2D eigenvalue weighted by Gasteiger charge is 2.40. The molecule has 0 amide bonds. The van der Waals surface area contributed by atoms with Gasteiger partial charge in [-0.1, -0.05) is 30.3 Å². The summed E-state index contributed by atoms with van der Waals surface area (Å²) < 4.78 is 11.6.